The molecule has 12 atom stereocenters. The molecule has 12 unspecified atom stereocenters. The highest BCUT2D eigenvalue weighted by molar-refractivity contribution is 7.52. The highest BCUT2D eigenvalue weighted by Gasteiger charge is 2.50. The first-order valence-corrected chi connectivity index (χ1v) is 40.1. The van der Waals surface area contributed by atoms with Crippen LogP contribution >= 0.6 is 71.9 Å². The van der Waals surface area contributed by atoms with E-state index in [1.54, 1.807) is 38.9 Å². The molecular formula is C63H66N14O22P2S5. The van der Waals surface area contributed by atoms with Gasteiger partial charge in [0.1, 0.15) is 114 Å². The first-order valence-electron chi connectivity index (χ1n) is 31.7. The summed E-state index contributed by atoms with van der Waals surface area (Å²) in [5, 5.41) is 42.7. The van der Waals surface area contributed by atoms with Crippen LogP contribution in [-0.2, 0) is 65.1 Å². The maximum Gasteiger partial charge on any atom is 0.392 e. The van der Waals surface area contributed by atoms with Crippen LogP contribution < -0.4 is 41.5 Å². The zero-order chi connectivity index (χ0) is 76.3. The minimum atomic E-state index is -4.68. The number of aliphatic hydroxyl groups is 2. The first-order chi connectivity index (χ1) is 50.0. The molecule has 1 saturated heterocycles. The number of nitrogens with two attached hydrogens (primary N) is 1. The van der Waals surface area contributed by atoms with Crippen molar-refractivity contribution in [3.63, 3.8) is 0 Å². The Balaban J connectivity index is 1.08. The van der Waals surface area contributed by atoms with Crippen molar-refractivity contribution < 1.29 is 105 Å². The molecule has 4 aliphatic rings. The number of aliphatic hydroxyl groups excluding tert-OH is 1. The monoisotopic (exact) mass is 1590 g/mol. The van der Waals surface area contributed by atoms with Gasteiger partial charge in [0.15, 0.2) is 23.8 Å². The maximum atomic E-state index is 15.5. The predicted octanol–water partition coefficient (Wildman–Crippen LogP) is 4.39. The van der Waals surface area contributed by atoms with Crippen LogP contribution in [0.3, 0.4) is 0 Å². The van der Waals surface area contributed by atoms with Gasteiger partial charge >= 0.3 is 27.1 Å². The number of hydrogen-bond acceptors (Lipinski definition) is 32. The summed E-state index contributed by atoms with van der Waals surface area (Å²) in [5.74, 6) is -8.81. The fourth-order valence-corrected chi connectivity index (χ4v) is 17.3. The third-order valence-corrected chi connectivity index (χ3v) is 22.3. The Kier molecular flexibility index (Phi) is 21.8. The Bertz CT molecular complexity index is 5030. The van der Waals surface area contributed by atoms with Crippen LogP contribution in [0.5, 0.6) is 5.75 Å². The minimum absolute atomic E-state index is 0.0154. The quantitative estimate of drug-likeness (QED) is 0.0331. The molecule has 11 N–H and O–H groups in total. The molecule has 12 rings (SSSR count). The zero-order valence-corrected chi connectivity index (χ0v) is 63.0. The number of cyclic esters (lactones) is 2. The summed E-state index contributed by atoms with van der Waals surface area (Å²) >= 11 is 4.12. The van der Waals surface area contributed by atoms with Crippen LogP contribution in [0.15, 0.2) is 69.2 Å². The molecule has 560 valence electrons. The molecule has 7 aromatic heterocycles. The number of carbonyl (C=O) groups excluding carboxylic acids is 8. The summed E-state index contributed by atoms with van der Waals surface area (Å²) in [6.45, 7) is 8.95. The van der Waals surface area contributed by atoms with Gasteiger partial charge in [-0.2, -0.15) is 4.73 Å². The number of carbonyl (C=O) groups is 8. The van der Waals surface area contributed by atoms with Crippen molar-refractivity contribution in [1.29, 1.82) is 0 Å². The molecular weight excluding hydrogens is 1530 g/mol. The molecule has 11 heterocycles. The lowest BCUT2D eigenvalue weighted by molar-refractivity contribution is -0.280. The number of nitrogens with zero attached hydrogens (tertiary/aromatic N) is 8. The Morgan fingerprint density at radius 1 is 0.840 bits per heavy atom. The van der Waals surface area contributed by atoms with Crippen molar-refractivity contribution in [1.82, 2.24) is 66.1 Å². The average molecular weight is 1590 g/mol. The van der Waals surface area contributed by atoms with Gasteiger partial charge < -0.3 is 94.8 Å². The van der Waals surface area contributed by atoms with Crippen molar-refractivity contribution in [3.8, 4) is 38.4 Å². The van der Waals surface area contributed by atoms with Gasteiger partial charge in [-0.3, -0.25) is 28.8 Å². The smallest absolute Gasteiger partial charge is 0.392 e. The molecule has 4 aliphatic heterocycles. The van der Waals surface area contributed by atoms with E-state index < -0.39 is 160 Å². The lowest BCUT2D eigenvalue weighted by Crippen LogP contribution is -2.62. The molecule has 12 bridgehead atoms. The number of ether oxygens (including phenoxy) is 6. The van der Waals surface area contributed by atoms with Crippen molar-refractivity contribution in [2.24, 2.45) is 5.73 Å². The Labute approximate surface area is 620 Å². The van der Waals surface area contributed by atoms with Gasteiger partial charge in [0.05, 0.1) is 55.4 Å². The number of rotatable bonds is 13. The van der Waals surface area contributed by atoms with E-state index >= 15 is 19.2 Å². The number of nitrogens with one attached hydrogen (secondary N) is 5. The molecule has 0 saturated carbocycles. The summed E-state index contributed by atoms with van der Waals surface area (Å²) in [7, 11) is -4.48. The third-order valence-electron chi connectivity index (χ3n) is 16.8. The summed E-state index contributed by atoms with van der Waals surface area (Å²) < 4.78 is 76.9. The first kappa shape index (κ1) is 76.5. The van der Waals surface area contributed by atoms with Crippen molar-refractivity contribution in [2.45, 2.75) is 108 Å². The average Bonchev–Trinajstić information content (AvgIpc) is 1.62. The second-order valence-corrected chi connectivity index (χ2v) is 33.0. The van der Waals surface area contributed by atoms with Crippen LogP contribution in [-0.4, -0.2) is 196 Å². The van der Waals surface area contributed by atoms with Gasteiger partial charge in [-0.1, -0.05) is 18.7 Å². The molecule has 8 aromatic rings. The maximum absolute atomic E-state index is 15.5. The van der Waals surface area contributed by atoms with E-state index in [0.29, 0.717) is 0 Å². The van der Waals surface area contributed by atoms with Crippen LogP contribution in [0.25, 0.3) is 49.3 Å². The van der Waals surface area contributed by atoms with Gasteiger partial charge in [-0.15, -0.1) is 56.7 Å². The summed E-state index contributed by atoms with van der Waals surface area (Å²) in [4.78, 5) is 167. The lowest BCUT2D eigenvalue weighted by atomic mass is 9.85. The van der Waals surface area contributed by atoms with E-state index in [-0.39, 0.29) is 110 Å². The number of hydrogen-bond donors (Lipinski definition) is 10. The zero-order valence-electron chi connectivity index (χ0n) is 57.2. The number of aromatic nitrogens is 7. The van der Waals surface area contributed by atoms with E-state index in [9.17, 15) is 48.3 Å². The minimum Gasteiger partial charge on any atom is -0.499 e. The molecule has 0 radical (unpaired) electrons. The second kappa shape index (κ2) is 30.2. The van der Waals surface area contributed by atoms with E-state index in [0.717, 1.165) is 74.7 Å². The van der Waals surface area contributed by atoms with Crippen molar-refractivity contribution >= 4 is 136 Å². The van der Waals surface area contributed by atoms with Gasteiger partial charge in [-0.05, 0) is 59.5 Å². The number of fused-ring (bicyclic) bond motifs is 15. The van der Waals surface area contributed by atoms with Gasteiger partial charge in [-0.25, -0.2) is 48.6 Å². The Morgan fingerprint density at radius 2 is 1.49 bits per heavy atom. The topological polar surface area (TPSA) is 497 Å². The summed E-state index contributed by atoms with van der Waals surface area (Å²) in [5.41, 5.74) is 0.770. The fraction of sp³-hybridized carbons (Fsp3) is 0.365. The van der Waals surface area contributed by atoms with Gasteiger partial charge in [0, 0.05) is 56.5 Å². The van der Waals surface area contributed by atoms with Crippen LogP contribution in [0.1, 0.15) is 125 Å². The van der Waals surface area contributed by atoms with Crippen molar-refractivity contribution in [3.05, 3.63) is 124 Å². The molecule has 0 spiro atoms. The number of methoxy groups -OCH3 is 1. The number of esters is 2. The standard InChI is InChI=1S/C63H66N14O22P2S5/c1-24(50(64)79)65-51(80)33-21-105-59(70-33)44-38(98-100(9,88)89)14-29-43(72-44)32-19-103-57(67-32)31-18-95-61(85)46-30-17-93-47(48(97-39-15-63(5,87)49(76(6)7)27(4)96-39)62(86)94-16-28-12-11-13-37(40(28)30)77(46)99-101(10,90)91)45(60-71-34(22-106-60)52(81)66-31)75-54(83)36-23-104-58(69-36)42(26(3)92-8)74-55(84)41(25(2)78)73-53(82)35-20-102-56(29)68-35/h11-14,19-23,25,27,31,39,41,45,47-49,78,87H,1,15-18H2,2-10H3,(H2,64,79)(H,65,80)(H,66,81)(H,73,82)(H,74,84)(H,75,83)(H,88,89)(H,90,91)/b42-26-. The van der Waals surface area contributed by atoms with E-state index in [2.05, 4.69) is 48.1 Å². The molecule has 1 fully saturated rings. The molecule has 0 aliphatic carbocycles. The molecule has 43 heteroatoms. The number of likely N-dealkylation sites (N-methyl/N-ethyl adjacent to an activating group) is 1. The predicted molar refractivity (Wildman–Crippen MR) is 380 cm³/mol. The van der Waals surface area contributed by atoms with Crippen LogP contribution in [0.4, 0.5) is 0 Å². The number of thiazole rings is 5. The Morgan fingerprint density at radius 3 is 2.17 bits per heavy atom. The van der Waals surface area contributed by atoms with Crippen LogP contribution in [0, 0.1) is 0 Å². The highest BCUT2D eigenvalue weighted by atomic mass is 32.1. The normalized spacial score (nSPS) is 24.3. The number of benzene rings is 1. The summed E-state index contributed by atoms with van der Waals surface area (Å²) in [6.07, 6.45) is -7.97. The number of allylic oxidation sites excluding steroid dienone is 1. The lowest BCUT2D eigenvalue weighted by Gasteiger charge is -2.48. The number of primary amides is 1. The fourth-order valence-electron chi connectivity index (χ4n) is 12.2. The second-order valence-electron chi connectivity index (χ2n) is 25.1. The SMILES string of the molecule is C=C(NC(=O)c1csc(-c2nc3c(cc2OP(C)(=O)O)-c2nc(cs2)C(=O)NC(C(C)O)C(=O)N/C(=C(/C)OC)c2nc(cs2)C(=O)NC2c4nc(cs4)C(=O)NC(COC(=O)c4c5c6c(cccc6n4OP(C)(=O)O)COC(=O)C(OC4CC(C)(O)C(N(C)C)C(C)O4)C2OC5)c2nc-3cs2)n1)C(N)=O. The van der Waals surface area contributed by atoms with Crippen LogP contribution in [0.2, 0.25) is 0 Å². The van der Waals surface area contributed by atoms with Crippen molar-refractivity contribution in [2.75, 3.05) is 41.1 Å². The van der Waals surface area contributed by atoms with E-state index in [1.807, 2.05) is 0 Å². The highest BCUT2D eigenvalue weighted by Crippen LogP contribution is 2.48. The molecule has 1 aromatic carbocycles. The van der Waals surface area contributed by atoms with E-state index in [1.165, 1.54) is 66.1 Å². The number of amides is 6. The molecule has 6 amide bonds. The largest absolute Gasteiger partial charge is 0.499 e. The molecule has 106 heavy (non-hydrogen) atoms. The third kappa shape index (κ3) is 16.1. The van der Waals surface area contributed by atoms with Gasteiger partial charge in [0.2, 0.25) is 5.91 Å². The molecule has 36 nitrogen and oxygen atoms in total. The van der Waals surface area contributed by atoms with Gasteiger partial charge in [0.25, 0.3) is 29.5 Å². The Hall–Kier alpha value is -9.16. The summed E-state index contributed by atoms with van der Waals surface area (Å²) in [6, 6.07) is 0.0869. The number of pyridine rings is 1. The van der Waals surface area contributed by atoms with E-state index in [4.69, 9.17) is 58.3 Å².